The molecule has 1 aromatic carbocycles. The number of unbranched alkanes of at least 4 members (excludes halogenated alkanes) is 2. The summed E-state index contributed by atoms with van der Waals surface area (Å²) in [7, 11) is 0. The van der Waals surface area contributed by atoms with Crippen LogP contribution in [0.2, 0.25) is 0 Å². The van der Waals surface area contributed by atoms with Crippen LogP contribution in [0.1, 0.15) is 115 Å². The van der Waals surface area contributed by atoms with Crippen molar-refractivity contribution in [2.24, 2.45) is 11.3 Å². The third-order valence-electron chi connectivity index (χ3n) is 11.7. The van der Waals surface area contributed by atoms with Gasteiger partial charge in [0, 0.05) is 64.2 Å². The lowest BCUT2D eigenvalue weighted by atomic mass is 9.86. The van der Waals surface area contributed by atoms with Crippen molar-refractivity contribution in [3.05, 3.63) is 35.4 Å². The minimum atomic E-state index is -1.03. The molecule has 1 saturated heterocycles. The molecule has 0 bridgehead atoms. The molecule has 1 fully saturated rings. The Balaban J connectivity index is 1.88. The van der Waals surface area contributed by atoms with Gasteiger partial charge in [-0.15, -0.1) is 0 Å². The smallest absolute Gasteiger partial charge is 0.317 e. The van der Waals surface area contributed by atoms with Crippen LogP contribution in [0, 0.1) is 11.3 Å². The highest BCUT2D eigenvalue weighted by molar-refractivity contribution is 6.05. The second kappa shape index (κ2) is 29.9. The fraction of sp³-hybridized carbons (Fsp3) is 0.674. The van der Waals surface area contributed by atoms with Crippen molar-refractivity contribution in [2.75, 3.05) is 78.5 Å². The van der Waals surface area contributed by atoms with E-state index in [2.05, 4.69) is 21.3 Å². The molecule has 7 N–H and O–H groups in total. The van der Waals surface area contributed by atoms with Gasteiger partial charge in [0.2, 0.25) is 29.5 Å². The lowest BCUT2D eigenvalue weighted by Gasteiger charge is -2.29. The van der Waals surface area contributed by atoms with E-state index >= 15 is 0 Å². The molecule has 0 spiro atoms. The summed E-state index contributed by atoms with van der Waals surface area (Å²) in [6.07, 6.45) is 5.46. The van der Waals surface area contributed by atoms with Gasteiger partial charge in [-0.2, -0.15) is 0 Å². The number of carboxylic acid groups (broad SMARTS) is 3. The average Bonchev–Trinajstić information content (AvgIpc) is 3.48. The normalized spacial score (nSPS) is 15.8. The number of benzene rings is 1. The van der Waals surface area contributed by atoms with Gasteiger partial charge in [0.25, 0.3) is 5.91 Å². The maximum absolute atomic E-state index is 13.3. The molecular formula is C46H74N8O12. The molecule has 66 heavy (non-hydrogen) atoms. The summed E-state index contributed by atoms with van der Waals surface area (Å²) in [6, 6.07) is 5.55. The first-order valence-corrected chi connectivity index (χ1v) is 23.1. The standard InChI is InChI=1S/C46H74N8O12/c1-6-19-51(31-41(60)61)22-24-53(32-42(62)63)25-23-52(21-17-33(3)13-11-16-40(58)59)30-38(56)48-28-35-14-12-15-36(26-35)44(65)50-34(4)43(64)49-29-37(55)47-18-9-8-10-20-54-39(57)27-46(5,7-2)45(54)66/h12,14-15,26,33-34H,6-11,13,16-25,27-32H2,1-5H3,(H,47,55)(H,48,56)(H,49,64)(H,50,65)(H,58,59)(H,60,61)(H,62,63)/t33?,34-,46?/m0/s1. The summed E-state index contributed by atoms with van der Waals surface area (Å²) >= 11 is 0. The Labute approximate surface area is 388 Å². The molecule has 2 rings (SSSR count). The summed E-state index contributed by atoms with van der Waals surface area (Å²) in [5.74, 6) is -4.80. The number of hydrogen-bond donors (Lipinski definition) is 7. The zero-order valence-corrected chi connectivity index (χ0v) is 39.5. The molecule has 20 heteroatoms. The molecule has 370 valence electrons. The van der Waals surface area contributed by atoms with Crippen LogP contribution in [0.25, 0.3) is 0 Å². The van der Waals surface area contributed by atoms with Crippen LogP contribution in [-0.2, 0) is 44.9 Å². The largest absolute Gasteiger partial charge is 0.481 e. The Bertz CT molecular complexity index is 1800. The van der Waals surface area contributed by atoms with E-state index in [1.807, 2.05) is 32.6 Å². The van der Waals surface area contributed by atoms with Gasteiger partial charge in [0.1, 0.15) is 6.04 Å². The highest BCUT2D eigenvalue weighted by Gasteiger charge is 2.46. The van der Waals surface area contributed by atoms with Crippen molar-refractivity contribution in [2.45, 2.75) is 111 Å². The molecule has 6 amide bonds. The molecule has 0 radical (unpaired) electrons. The van der Waals surface area contributed by atoms with Crippen molar-refractivity contribution in [3.8, 4) is 0 Å². The quantitative estimate of drug-likeness (QED) is 0.0378. The first-order valence-electron chi connectivity index (χ1n) is 23.1. The maximum atomic E-state index is 13.3. The molecule has 3 atom stereocenters. The molecular weight excluding hydrogens is 857 g/mol. The molecule has 0 aromatic heterocycles. The fourth-order valence-corrected chi connectivity index (χ4v) is 7.48. The first-order chi connectivity index (χ1) is 31.3. The van der Waals surface area contributed by atoms with Crippen LogP contribution in [-0.4, -0.2) is 173 Å². The summed E-state index contributed by atoms with van der Waals surface area (Å²) in [6.45, 7) is 11.5. The zero-order valence-electron chi connectivity index (χ0n) is 39.5. The third-order valence-corrected chi connectivity index (χ3v) is 11.7. The molecule has 1 aliphatic heterocycles. The molecule has 0 aliphatic carbocycles. The minimum absolute atomic E-state index is 0.0153. The Morgan fingerprint density at radius 1 is 0.742 bits per heavy atom. The second-order valence-corrected chi connectivity index (χ2v) is 17.5. The lowest BCUT2D eigenvalue weighted by Crippen LogP contribution is -2.47. The van der Waals surface area contributed by atoms with E-state index in [0.29, 0.717) is 103 Å². The van der Waals surface area contributed by atoms with Gasteiger partial charge in [-0.3, -0.25) is 62.8 Å². The molecule has 0 saturated carbocycles. The van der Waals surface area contributed by atoms with E-state index in [-0.39, 0.29) is 74.8 Å². The van der Waals surface area contributed by atoms with Gasteiger partial charge in [-0.25, -0.2) is 0 Å². The highest BCUT2D eigenvalue weighted by Crippen LogP contribution is 2.35. The third kappa shape index (κ3) is 22.1. The number of nitrogens with zero attached hydrogens (tertiary/aromatic N) is 4. The number of carbonyl (C=O) groups excluding carboxylic acids is 6. The number of amides is 6. The number of imide groups is 1. The number of likely N-dealkylation sites (tertiary alicyclic amines) is 1. The van der Waals surface area contributed by atoms with Crippen LogP contribution in [0.15, 0.2) is 24.3 Å². The summed E-state index contributed by atoms with van der Waals surface area (Å²) in [5, 5.41) is 38.7. The minimum Gasteiger partial charge on any atom is -0.481 e. The highest BCUT2D eigenvalue weighted by atomic mass is 16.4. The number of hydrogen-bond acceptors (Lipinski definition) is 12. The molecule has 2 unspecified atom stereocenters. The van der Waals surface area contributed by atoms with Crippen molar-refractivity contribution < 1.29 is 58.5 Å². The van der Waals surface area contributed by atoms with Crippen molar-refractivity contribution >= 4 is 53.4 Å². The molecule has 1 heterocycles. The van der Waals surface area contributed by atoms with Gasteiger partial charge in [-0.05, 0) is 88.6 Å². The van der Waals surface area contributed by atoms with Gasteiger partial charge < -0.3 is 36.6 Å². The SMILES string of the molecule is CCCN(CCN(CCN(CCC(C)CCCC(=O)O)CC(=O)NCc1cccc(C(=O)N[C@@H](C)C(=O)NCC(=O)NCCCCCN2C(=O)CC(C)(CC)C2=O)c1)CC(=O)O)CC(=O)O. The van der Waals surface area contributed by atoms with Crippen molar-refractivity contribution in [1.29, 1.82) is 0 Å². The number of aliphatic carboxylic acids is 3. The monoisotopic (exact) mass is 931 g/mol. The van der Waals surface area contributed by atoms with E-state index in [9.17, 15) is 53.4 Å². The van der Waals surface area contributed by atoms with Gasteiger partial charge in [0.15, 0.2) is 0 Å². The number of nitrogens with one attached hydrogen (secondary N) is 4. The molecule has 1 aliphatic rings. The molecule has 1 aromatic rings. The van der Waals surface area contributed by atoms with Gasteiger partial charge in [-0.1, -0.05) is 46.2 Å². The van der Waals surface area contributed by atoms with E-state index < -0.39 is 47.1 Å². The van der Waals surface area contributed by atoms with E-state index in [1.165, 1.54) is 11.8 Å². The number of carbonyl (C=O) groups is 9. The summed E-state index contributed by atoms with van der Waals surface area (Å²) < 4.78 is 0. The topological polar surface area (TPSA) is 275 Å². The van der Waals surface area contributed by atoms with Crippen LogP contribution in [0.4, 0.5) is 0 Å². The van der Waals surface area contributed by atoms with E-state index in [4.69, 9.17) is 5.11 Å². The number of carboxylic acids is 3. The Kier molecular flexibility index (Phi) is 25.7. The van der Waals surface area contributed by atoms with Crippen molar-refractivity contribution in [3.63, 3.8) is 0 Å². The second-order valence-electron chi connectivity index (χ2n) is 17.5. The Hall–Kier alpha value is -5.47. The lowest BCUT2D eigenvalue weighted by molar-refractivity contribution is -0.142. The maximum Gasteiger partial charge on any atom is 0.317 e. The van der Waals surface area contributed by atoms with Gasteiger partial charge in [0.05, 0.1) is 31.6 Å². The predicted octanol–water partition coefficient (Wildman–Crippen LogP) is 1.77. The van der Waals surface area contributed by atoms with Crippen LogP contribution < -0.4 is 21.3 Å². The predicted molar refractivity (Wildman–Crippen MR) is 245 cm³/mol. The number of rotatable bonds is 35. The zero-order chi connectivity index (χ0) is 49.2. The van der Waals surface area contributed by atoms with E-state index in [1.54, 1.807) is 34.1 Å². The van der Waals surface area contributed by atoms with Gasteiger partial charge >= 0.3 is 17.9 Å². The van der Waals surface area contributed by atoms with E-state index in [0.717, 1.165) is 6.42 Å². The average molecular weight is 931 g/mol. The van der Waals surface area contributed by atoms with Crippen LogP contribution >= 0.6 is 0 Å². The summed E-state index contributed by atoms with van der Waals surface area (Å²) in [5.41, 5.74) is 0.234. The summed E-state index contributed by atoms with van der Waals surface area (Å²) in [4.78, 5) is 117. The Morgan fingerprint density at radius 3 is 1.97 bits per heavy atom. The Morgan fingerprint density at radius 2 is 1.38 bits per heavy atom. The van der Waals surface area contributed by atoms with Crippen LogP contribution in [0.5, 0.6) is 0 Å². The first kappa shape index (κ1) is 56.7. The molecule has 20 nitrogen and oxygen atoms in total. The fourth-order valence-electron chi connectivity index (χ4n) is 7.48. The van der Waals surface area contributed by atoms with Crippen molar-refractivity contribution in [1.82, 2.24) is 40.9 Å². The van der Waals surface area contributed by atoms with Crippen LogP contribution in [0.3, 0.4) is 0 Å².